The molecule has 8 heteroatoms. The maximum atomic E-state index is 13.2. The number of likely N-dealkylation sites (tertiary alicyclic amines) is 1. The summed E-state index contributed by atoms with van der Waals surface area (Å²) in [6, 6.07) is 15.9. The zero-order valence-electron chi connectivity index (χ0n) is 23.4. The molecule has 7 nitrogen and oxygen atoms in total. The van der Waals surface area contributed by atoms with Crippen LogP contribution in [0.1, 0.15) is 75.2 Å². The fraction of sp³-hybridized carbons (Fsp3) is 0.516. The van der Waals surface area contributed by atoms with Crippen LogP contribution in [0.15, 0.2) is 58.6 Å². The predicted molar refractivity (Wildman–Crippen MR) is 157 cm³/mol. The van der Waals surface area contributed by atoms with Crippen LogP contribution in [0.5, 0.6) is 0 Å². The molecule has 1 aliphatic carbocycles. The van der Waals surface area contributed by atoms with Crippen LogP contribution in [-0.2, 0) is 16.6 Å². The molecule has 39 heavy (non-hydrogen) atoms. The van der Waals surface area contributed by atoms with E-state index < -0.39 is 10.0 Å². The Bertz CT molecular complexity index is 1400. The first-order valence-corrected chi connectivity index (χ1v) is 15.9. The highest BCUT2D eigenvalue weighted by molar-refractivity contribution is 7.89. The van der Waals surface area contributed by atoms with Crippen molar-refractivity contribution in [2.24, 2.45) is 17.0 Å². The number of nitrogens with one attached hydrogen (secondary N) is 1. The van der Waals surface area contributed by atoms with Crippen LogP contribution in [-0.4, -0.2) is 48.4 Å². The lowest BCUT2D eigenvalue weighted by Gasteiger charge is -2.42. The molecule has 2 aromatic carbocycles. The van der Waals surface area contributed by atoms with Gasteiger partial charge in [0.2, 0.25) is 10.0 Å². The van der Waals surface area contributed by atoms with Crippen LogP contribution in [0, 0.1) is 18.8 Å². The molecule has 3 aromatic rings. The molecular formula is C31H42N4O3S. The lowest BCUT2D eigenvalue weighted by atomic mass is 9.79. The average molecular weight is 551 g/mol. The smallest absolute Gasteiger partial charge is 0.240 e. The molecule has 0 atom stereocenters. The first-order chi connectivity index (χ1) is 18.8. The number of oxime groups is 1. The second-order valence-corrected chi connectivity index (χ2v) is 13.5. The first kappa shape index (κ1) is 27.9. The molecule has 1 aliphatic heterocycles. The summed E-state index contributed by atoms with van der Waals surface area (Å²) < 4.78 is 31.4. The van der Waals surface area contributed by atoms with Gasteiger partial charge in [0.15, 0.2) is 0 Å². The Hall–Kier alpha value is -2.68. The van der Waals surface area contributed by atoms with Gasteiger partial charge >= 0.3 is 0 Å². The average Bonchev–Trinajstić information content (AvgIpc) is 3.26. The molecule has 210 valence electrons. The zero-order chi connectivity index (χ0) is 27.6. The SMILES string of the molecule is Cc1ccc(S(=O)(=O)NCc2c(/C=N/O)c3ccccc3n2C2CCN(C3CCC(C(C)C)CC3)CC2)cc1. The largest absolute Gasteiger partial charge is 0.411 e. The van der Waals surface area contributed by atoms with Crippen molar-refractivity contribution in [3.05, 3.63) is 65.4 Å². The van der Waals surface area contributed by atoms with E-state index in [0.29, 0.717) is 6.04 Å². The number of sulfonamides is 1. The van der Waals surface area contributed by atoms with E-state index in [2.05, 4.69) is 39.3 Å². The van der Waals surface area contributed by atoms with Crippen molar-refractivity contribution in [2.45, 2.75) is 82.8 Å². The van der Waals surface area contributed by atoms with Crippen molar-refractivity contribution in [3.8, 4) is 0 Å². The van der Waals surface area contributed by atoms with Gasteiger partial charge in [-0.3, -0.25) is 0 Å². The van der Waals surface area contributed by atoms with Crippen molar-refractivity contribution in [1.29, 1.82) is 0 Å². The molecule has 1 saturated heterocycles. The Morgan fingerprint density at radius 2 is 1.64 bits per heavy atom. The number of benzene rings is 2. The highest BCUT2D eigenvalue weighted by Gasteiger charge is 2.32. The Morgan fingerprint density at radius 3 is 2.28 bits per heavy atom. The number of nitrogens with zero attached hydrogens (tertiary/aromatic N) is 3. The van der Waals surface area contributed by atoms with Crippen LogP contribution in [0.3, 0.4) is 0 Å². The summed E-state index contributed by atoms with van der Waals surface area (Å²) in [4.78, 5) is 2.93. The second kappa shape index (κ2) is 11.8. The highest BCUT2D eigenvalue weighted by Crippen LogP contribution is 2.37. The van der Waals surface area contributed by atoms with Gasteiger partial charge in [0.1, 0.15) is 0 Å². The molecule has 2 heterocycles. The number of aromatic nitrogens is 1. The summed E-state index contributed by atoms with van der Waals surface area (Å²) in [5.74, 6) is 1.64. The van der Waals surface area contributed by atoms with E-state index in [4.69, 9.17) is 0 Å². The number of para-hydroxylation sites is 1. The molecule has 1 aromatic heterocycles. The summed E-state index contributed by atoms with van der Waals surface area (Å²) in [6.45, 7) is 8.85. The van der Waals surface area contributed by atoms with Crippen molar-refractivity contribution in [2.75, 3.05) is 13.1 Å². The van der Waals surface area contributed by atoms with Gasteiger partial charge in [-0.1, -0.05) is 54.9 Å². The number of rotatable bonds is 8. The summed E-state index contributed by atoms with van der Waals surface area (Å²) in [5.41, 5.74) is 3.65. The van der Waals surface area contributed by atoms with Gasteiger partial charge in [-0.05, 0) is 75.5 Å². The van der Waals surface area contributed by atoms with Gasteiger partial charge < -0.3 is 14.7 Å². The van der Waals surface area contributed by atoms with Gasteiger partial charge in [-0.25, -0.2) is 13.1 Å². The fourth-order valence-corrected chi connectivity index (χ4v) is 7.74. The molecule has 0 amide bonds. The van der Waals surface area contributed by atoms with Gasteiger partial charge in [-0.2, -0.15) is 0 Å². The van der Waals surface area contributed by atoms with Crippen LogP contribution < -0.4 is 4.72 Å². The number of hydrogen-bond donors (Lipinski definition) is 2. The molecule has 5 rings (SSSR count). The molecule has 1 saturated carbocycles. The quantitative estimate of drug-likeness (QED) is 0.202. The van der Waals surface area contributed by atoms with Crippen LogP contribution in [0.2, 0.25) is 0 Å². The number of fused-ring (bicyclic) bond motifs is 1. The zero-order valence-corrected chi connectivity index (χ0v) is 24.2. The van der Waals surface area contributed by atoms with Crippen LogP contribution in [0.25, 0.3) is 10.9 Å². The van der Waals surface area contributed by atoms with Gasteiger partial charge in [0.05, 0.1) is 17.7 Å². The number of aryl methyl sites for hydroxylation is 1. The molecule has 2 aliphatic rings. The second-order valence-electron chi connectivity index (χ2n) is 11.7. The van der Waals surface area contributed by atoms with E-state index in [-0.39, 0.29) is 17.5 Å². The third kappa shape index (κ3) is 5.93. The normalized spacial score (nSPS) is 21.8. The molecule has 0 unspecified atom stereocenters. The summed E-state index contributed by atoms with van der Waals surface area (Å²) in [7, 11) is -3.70. The Balaban J connectivity index is 1.39. The topological polar surface area (TPSA) is 86.9 Å². The van der Waals surface area contributed by atoms with E-state index >= 15 is 0 Å². The van der Waals surface area contributed by atoms with Gasteiger partial charge in [0, 0.05) is 47.3 Å². The minimum atomic E-state index is -3.70. The standard InChI is InChI=1S/C31H42N4O3S/c1-22(2)24-10-12-25(13-11-24)34-18-16-26(17-19-34)35-30-7-5-4-6-28(30)29(20-32-36)31(35)21-33-39(37,38)27-14-8-23(3)9-15-27/h4-9,14-15,20,22,24-26,33,36H,10-13,16-19,21H2,1-3H3/b32-20+. The van der Waals surface area contributed by atoms with Crippen molar-refractivity contribution >= 4 is 27.1 Å². The van der Waals surface area contributed by atoms with Gasteiger partial charge in [-0.15, -0.1) is 0 Å². The number of hydrogen-bond acceptors (Lipinski definition) is 5. The van der Waals surface area contributed by atoms with Gasteiger partial charge in [0.25, 0.3) is 0 Å². The number of piperidine rings is 1. The molecule has 0 spiro atoms. The third-order valence-electron chi connectivity index (χ3n) is 9.07. The maximum Gasteiger partial charge on any atom is 0.240 e. The van der Waals surface area contributed by atoms with E-state index in [0.717, 1.165) is 65.5 Å². The first-order valence-electron chi connectivity index (χ1n) is 14.4. The Kier molecular flexibility index (Phi) is 8.45. The third-order valence-corrected chi connectivity index (χ3v) is 10.5. The minimum Gasteiger partial charge on any atom is -0.411 e. The fourth-order valence-electron chi connectivity index (χ4n) is 6.75. The lowest BCUT2D eigenvalue weighted by Crippen LogP contribution is -2.44. The van der Waals surface area contributed by atoms with Crippen molar-refractivity contribution in [1.82, 2.24) is 14.2 Å². The van der Waals surface area contributed by atoms with Crippen molar-refractivity contribution < 1.29 is 13.6 Å². The molecule has 0 radical (unpaired) electrons. The highest BCUT2D eigenvalue weighted by atomic mass is 32.2. The molecular weight excluding hydrogens is 508 g/mol. The van der Waals surface area contributed by atoms with E-state index in [1.807, 2.05) is 25.1 Å². The summed E-state index contributed by atoms with van der Waals surface area (Å²) >= 11 is 0. The molecule has 2 N–H and O–H groups in total. The molecule has 2 fully saturated rings. The van der Waals surface area contributed by atoms with E-state index in [9.17, 15) is 13.6 Å². The Labute approximate surface area is 232 Å². The summed E-state index contributed by atoms with van der Waals surface area (Å²) in [5, 5.41) is 13.8. The predicted octanol–water partition coefficient (Wildman–Crippen LogP) is 6.09. The maximum absolute atomic E-state index is 13.2. The minimum absolute atomic E-state index is 0.117. The van der Waals surface area contributed by atoms with E-state index in [1.165, 1.54) is 31.9 Å². The van der Waals surface area contributed by atoms with Crippen LogP contribution >= 0.6 is 0 Å². The lowest BCUT2D eigenvalue weighted by molar-refractivity contribution is 0.0889. The molecule has 0 bridgehead atoms. The van der Waals surface area contributed by atoms with Crippen molar-refractivity contribution in [3.63, 3.8) is 0 Å². The summed E-state index contributed by atoms with van der Waals surface area (Å²) in [6.07, 6.45) is 8.72. The monoisotopic (exact) mass is 550 g/mol. The Morgan fingerprint density at radius 1 is 0.974 bits per heavy atom. The van der Waals surface area contributed by atoms with Crippen LogP contribution in [0.4, 0.5) is 0 Å². The van der Waals surface area contributed by atoms with E-state index in [1.54, 1.807) is 24.3 Å².